The van der Waals surface area contributed by atoms with Gasteiger partial charge in [-0.3, -0.25) is 4.79 Å². The summed E-state index contributed by atoms with van der Waals surface area (Å²) in [6, 6.07) is 0. The highest BCUT2D eigenvalue weighted by Crippen LogP contribution is 2.15. The number of anilines is 1. The Morgan fingerprint density at radius 3 is 2.72 bits per heavy atom. The molecule has 1 unspecified atom stereocenters. The van der Waals surface area contributed by atoms with Crippen LogP contribution in [0.4, 0.5) is 5.69 Å². The molecule has 1 rings (SSSR count). The van der Waals surface area contributed by atoms with Crippen LogP contribution in [0.1, 0.15) is 20.8 Å². The third-order valence-corrected chi connectivity index (χ3v) is 2.87. The van der Waals surface area contributed by atoms with Gasteiger partial charge in [0.1, 0.15) is 5.02 Å². The van der Waals surface area contributed by atoms with Gasteiger partial charge < -0.3 is 10.1 Å². The summed E-state index contributed by atoms with van der Waals surface area (Å²) in [4.78, 5) is 11.9. The van der Waals surface area contributed by atoms with Crippen LogP contribution in [0, 0.1) is 5.92 Å². The van der Waals surface area contributed by atoms with Crippen molar-refractivity contribution < 1.29 is 4.74 Å². The molecule has 0 saturated carbocycles. The third kappa shape index (κ3) is 3.99. The number of aromatic nitrogens is 2. The van der Waals surface area contributed by atoms with Crippen LogP contribution in [0.25, 0.3) is 0 Å². The highest BCUT2D eigenvalue weighted by molar-refractivity contribution is 6.32. The van der Waals surface area contributed by atoms with Crippen molar-refractivity contribution in [2.24, 2.45) is 5.92 Å². The van der Waals surface area contributed by atoms with Crippen LogP contribution in [0.5, 0.6) is 0 Å². The standard InChI is InChI=1S/C12H20ClN3O2/c1-8(2)7-16-12(17)11(13)10(6-15-16)14-5-9(3)18-4/h6,8-9,14H,5,7H2,1-4H3. The Morgan fingerprint density at radius 1 is 1.50 bits per heavy atom. The van der Waals surface area contributed by atoms with E-state index >= 15 is 0 Å². The molecule has 0 aliphatic rings. The molecule has 102 valence electrons. The van der Waals surface area contributed by atoms with E-state index in [4.69, 9.17) is 16.3 Å². The molecule has 1 aromatic heterocycles. The maximum absolute atomic E-state index is 11.9. The van der Waals surface area contributed by atoms with Crippen molar-refractivity contribution in [3.8, 4) is 0 Å². The molecule has 1 atom stereocenters. The van der Waals surface area contributed by atoms with Gasteiger partial charge in [-0.2, -0.15) is 5.10 Å². The maximum Gasteiger partial charge on any atom is 0.287 e. The van der Waals surface area contributed by atoms with Crippen molar-refractivity contribution in [1.29, 1.82) is 0 Å². The van der Waals surface area contributed by atoms with E-state index in [9.17, 15) is 4.79 Å². The Morgan fingerprint density at radius 2 is 2.17 bits per heavy atom. The van der Waals surface area contributed by atoms with E-state index in [1.54, 1.807) is 13.3 Å². The first kappa shape index (κ1) is 15.0. The average molecular weight is 274 g/mol. The summed E-state index contributed by atoms with van der Waals surface area (Å²) in [6.07, 6.45) is 1.62. The fraction of sp³-hybridized carbons (Fsp3) is 0.667. The van der Waals surface area contributed by atoms with Gasteiger partial charge in [0.05, 0.1) is 18.0 Å². The summed E-state index contributed by atoms with van der Waals surface area (Å²) in [5.41, 5.74) is 0.283. The minimum atomic E-state index is -0.263. The fourth-order valence-electron chi connectivity index (χ4n) is 1.40. The third-order valence-electron chi connectivity index (χ3n) is 2.51. The fourth-order valence-corrected chi connectivity index (χ4v) is 1.61. The molecular weight excluding hydrogens is 254 g/mol. The van der Waals surface area contributed by atoms with Gasteiger partial charge in [-0.25, -0.2) is 4.68 Å². The molecule has 0 saturated heterocycles. The number of ether oxygens (including phenoxy) is 1. The van der Waals surface area contributed by atoms with Crippen LogP contribution in [0.2, 0.25) is 5.02 Å². The number of nitrogens with zero attached hydrogens (tertiary/aromatic N) is 2. The minimum Gasteiger partial charge on any atom is -0.380 e. The van der Waals surface area contributed by atoms with E-state index in [1.807, 2.05) is 20.8 Å². The van der Waals surface area contributed by atoms with Crippen LogP contribution in [0.15, 0.2) is 11.0 Å². The zero-order chi connectivity index (χ0) is 13.7. The molecule has 5 nitrogen and oxygen atoms in total. The van der Waals surface area contributed by atoms with Gasteiger partial charge in [0.15, 0.2) is 0 Å². The Hall–Kier alpha value is -1.07. The summed E-state index contributed by atoms with van der Waals surface area (Å²) in [7, 11) is 1.63. The largest absolute Gasteiger partial charge is 0.380 e. The molecule has 0 fully saturated rings. The van der Waals surface area contributed by atoms with Crippen molar-refractivity contribution in [2.45, 2.75) is 33.4 Å². The Bertz CT molecular complexity index is 445. The number of halogens is 1. The summed E-state index contributed by atoms with van der Waals surface area (Å²) in [6.45, 7) is 7.11. The normalized spacial score (nSPS) is 12.8. The molecule has 1 aromatic rings. The Kier molecular flexibility index (Phi) is 5.62. The van der Waals surface area contributed by atoms with E-state index in [-0.39, 0.29) is 16.7 Å². The molecule has 0 bridgehead atoms. The summed E-state index contributed by atoms with van der Waals surface area (Å²) < 4.78 is 6.50. The van der Waals surface area contributed by atoms with Gasteiger partial charge in [-0.1, -0.05) is 25.4 Å². The van der Waals surface area contributed by atoms with Gasteiger partial charge in [0.25, 0.3) is 5.56 Å². The molecule has 0 aromatic carbocycles. The number of hydrogen-bond acceptors (Lipinski definition) is 4. The zero-order valence-corrected chi connectivity index (χ0v) is 12.0. The average Bonchev–Trinajstić information content (AvgIpc) is 2.33. The Balaban J connectivity index is 2.84. The number of rotatable bonds is 6. The smallest absolute Gasteiger partial charge is 0.287 e. The second-order valence-electron chi connectivity index (χ2n) is 4.68. The van der Waals surface area contributed by atoms with Crippen molar-refractivity contribution in [3.05, 3.63) is 21.6 Å². The van der Waals surface area contributed by atoms with E-state index in [1.165, 1.54) is 4.68 Å². The molecule has 0 aliphatic heterocycles. The molecule has 0 radical (unpaired) electrons. The van der Waals surface area contributed by atoms with Crippen LogP contribution in [0.3, 0.4) is 0 Å². The monoisotopic (exact) mass is 273 g/mol. The second kappa shape index (κ2) is 6.75. The van der Waals surface area contributed by atoms with Crippen LogP contribution in [-0.4, -0.2) is 29.5 Å². The van der Waals surface area contributed by atoms with Crippen molar-refractivity contribution >= 4 is 17.3 Å². The summed E-state index contributed by atoms with van der Waals surface area (Å²) in [5, 5.41) is 7.33. The lowest BCUT2D eigenvalue weighted by Crippen LogP contribution is -2.27. The molecule has 0 amide bonds. The number of methoxy groups -OCH3 is 1. The highest BCUT2D eigenvalue weighted by Gasteiger charge is 2.10. The van der Waals surface area contributed by atoms with Gasteiger partial charge in [0.2, 0.25) is 0 Å². The van der Waals surface area contributed by atoms with Gasteiger partial charge in [-0.15, -0.1) is 0 Å². The number of hydrogen-bond donors (Lipinski definition) is 1. The van der Waals surface area contributed by atoms with Gasteiger partial charge in [-0.05, 0) is 12.8 Å². The first-order valence-corrected chi connectivity index (χ1v) is 6.35. The molecular formula is C12H20ClN3O2. The summed E-state index contributed by atoms with van der Waals surface area (Å²) >= 11 is 6.03. The predicted octanol–water partition coefficient (Wildman–Crippen LogP) is 2.00. The molecule has 6 heteroatoms. The van der Waals surface area contributed by atoms with Gasteiger partial charge in [0, 0.05) is 20.2 Å². The van der Waals surface area contributed by atoms with Crippen molar-refractivity contribution in [3.63, 3.8) is 0 Å². The topological polar surface area (TPSA) is 56.1 Å². The SMILES string of the molecule is COC(C)CNc1cnn(CC(C)C)c(=O)c1Cl. The highest BCUT2D eigenvalue weighted by atomic mass is 35.5. The van der Waals surface area contributed by atoms with Crippen LogP contribution >= 0.6 is 11.6 Å². The second-order valence-corrected chi connectivity index (χ2v) is 5.06. The maximum atomic E-state index is 11.9. The first-order chi connectivity index (χ1) is 8.45. The lowest BCUT2D eigenvalue weighted by atomic mass is 10.2. The van der Waals surface area contributed by atoms with E-state index < -0.39 is 0 Å². The number of nitrogens with one attached hydrogen (secondary N) is 1. The van der Waals surface area contributed by atoms with Crippen LogP contribution < -0.4 is 10.9 Å². The zero-order valence-electron chi connectivity index (χ0n) is 11.2. The van der Waals surface area contributed by atoms with Crippen molar-refractivity contribution in [2.75, 3.05) is 19.0 Å². The lowest BCUT2D eigenvalue weighted by molar-refractivity contribution is 0.129. The van der Waals surface area contributed by atoms with E-state index in [2.05, 4.69) is 10.4 Å². The molecule has 0 aliphatic carbocycles. The molecule has 0 spiro atoms. The Labute approximate surface area is 112 Å². The molecule has 18 heavy (non-hydrogen) atoms. The van der Waals surface area contributed by atoms with E-state index in [0.717, 1.165) is 0 Å². The molecule has 1 N–H and O–H groups in total. The van der Waals surface area contributed by atoms with Crippen molar-refractivity contribution in [1.82, 2.24) is 9.78 Å². The minimum absolute atomic E-state index is 0.0409. The predicted molar refractivity (Wildman–Crippen MR) is 73.3 cm³/mol. The summed E-state index contributed by atoms with van der Waals surface area (Å²) in [5.74, 6) is 0.346. The quantitative estimate of drug-likeness (QED) is 0.861. The van der Waals surface area contributed by atoms with E-state index in [0.29, 0.717) is 24.7 Å². The lowest BCUT2D eigenvalue weighted by Gasteiger charge is -2.14. The van der Waals surface area contributed by atoms with Gasteiger partial charge >= 0.3 is 0 Å². The van der Waals surface area contributed by atoms with Crippen LogP contribution in [-0.2, 0) is 11.3 Å². The molecule has 1 heterocycles. The first-order valence-electron chi connectivity index (χ1n) is 5.98.